The highest BCUT2D eigenvalue weighted by molar-refractivity contribution is 5.75. The van der Waals surface area contributed by atoms with Crippen molar-refractivity contribution in [2.45, 2.75) is 73.6 Å². The molecule has 120 valence electrons. The highest BCUT2D eigenvalue weighted by Gasteiger charge is 2.22. The van der Waals surface area contributed by atoms with Gasteiger partial charge in [0, 0.05) is 18.4 Å². The standard InChI is InChI=1S/C17H35NO2/c1-7-9-10-15(19)18-12-17(5,6)14-20-13-16(3,4)11-8-2/h7-14H2,1-6H3,(H,18,19). The minimum atomic E-state index is -0.00975. The van der Waals surface area contributed by atoms with Crippen molar-refractivity contribution in [3.8, 4) is 0 Å². The lowest BCUT2D eigenvalue weighted by atomic mass is 9.89. The monoisotopic (exact) mass is 285 g/mol. The summed E-state index contributed by atoms with van der Waals surface area (Å²) in [6.45, 7) is 15.2. The number of rotatable bonds is 11. The fourth-order valence-corrected chi connectivity index (χ4v) is 2.17. The van der Waals surface area contributed by atoms with E-state index in [1.54, 1.807) is 0 Å². The second kappa shape index (κ2) is 9.38. The molecule has 0 atom stereocenters. The molecule has 0 spiro atoms. The first-order chi connectivity index (χ1) is 9.22. The van der Waals surface area contributed by atoms with Crippen molar-refractivity contribution in [3.05, 3.63) is 0 Å². The number of amides is 1. The van der Waals surface area contributed by atoms with Crippen molar-refractivity contribution < 1.29 is 9.53 Å². The first-order valence-electron chi connectivity index (χ1n) is 8.07. The summed E-state index contributed by atoms with van der Waals surface area (Å²) >= 11 is 0. The molecule has 0 aliphatic heterocycles. The Morgan fingerprint density at radius 2 is 1.60 bits per heavy atom. The van der Waals surface area contributed by atoms with E-state index in [4.69, 9.17) is 4.74 Å². The molecule has 0 radical (unpaired) electrons. The van der Waals surface area contributed by atoms with E-state index in [9.17, 15) is 4.79 Å². The molecule has 0 unspecified atom stereocenters. The van der Waals surface area contributed by atoms with Crippen LogP contribution in [-0.2, 0) is 9.53 Å². The van der Waals surface area contributed by atoms with E-state index in [0.717, 1.165) is 19.4 Å². The summed E-state index contributed by atoms with van der Waals surface area (Å²) in [6, 6.07) is 0. The van der Waals surface area contributed by atoms with Crippen molar-refractivity contribution in [2.75, 3.05) is 19.8 Å². The van der Waals surface area contributed by atoms with Crippen LogP contribution in [0.5, 0.6) is 0 Å². The van der Waals surface area contributed by atoms with Gasteiger partial charge in [0.15, 0.2) is 0 Å². The van der Waals surface area contributed by atoms with Crippen molar-refractivity contribution in [1.82, 2.24) is 5.32 Å². The Morgan fingerprint density at radius 3 is 2.15 bits per heavy atom. The molecule has 3 nitrogen and oxygen atoms in total. The van der Waals surface area contributed by atoms with Crippen LogP contribution < -0.4 is 5.32 Å². The van der Waals surface area contributed by atoms with E-state index >= 15 is 0 Å². The SMILES string of the molecule is CCCCC(=O)NCC(C)(C)COCC(C)(C)CCC. The fraction of sp³-hybridized carbons (Fsp3) is 0.941. The van der Waals surface area contributed by atoms with Gasteiger partial charge in [-0.1, -0.05) is 54.4 Å². The molecular formula is C17H35NO2. The van der Waals surface area contributed by atoms with Gasteiger partial charge in [0.25, 0.3) is 0 Å². The van der Waals surface area contributed by atoms with Gasteiger partial charge in [0.1, 0.15) is 0 Å². The Labute approximate surface area is 125 Å². The Balaban J connectivity index is 3.92. The topological polar surface area (TPSA) is 38.3 Å². The van der Waals surface area contributed by atoms with Crippen LogP contribution in [0.1, 0.15) is 73.6 Å². The zero-order chi connectivity index (χ0) is 15.6. The second-order valence-electron chi connectivity index (χ2n) is 7.45. The minimum Gasteiger partial charge on any atom is -0.380 e. The number of ether oxygens (including phenoxy) is 1. The van der Waals surface area contributed by atoms with E-state index in [1.165, 1.54) is 12.8 Å². The quantitative estimate of drug-likeness (QED) is 0.619. The van der Waals surface area contributed by atoms with Crippen LogP contribution in [0.2, 0.25) is 0 Å². The number of hydrogen-bond donors (Lipinski definition) is 1. The van der Waals surface area contributed by atoms with Crippen LogP contribution >= 0.6 is 0 Å². The summed E-state index contributed by atoms with van der Waals surface area (Å²) in [5, 5.41) is 3.01. The van der Waals surface area contributed by atoms with Crippen LogP contribution in [0.4, 0.5) is 0 Å². The molecule has 0 aromatic rings. The number of nitrogens with one attached hydrogen (secondary N) is 1. The lowest BCUT2D eigenvalue weighted by Crippen LogP contribution is -2.37. The fourth-order valence-electron chi connectivity index (χ4n) is 2.17. The zero-order valence-corrected chi connectivity index (χ0v) is 14.5. The van der Waals surface area contributed by atoms with Crippen LogP contribution in [0.15, 0.2) is 0 Å². The largest absolute Gasteiger partial charge is 0.380 e. The molecule has 0 bridgehead atoms. The Hall–Kier alpha value is -0.570. The molecular weight excluding hydrogens is 250 g/mol. The molecule has 0 heterocycles. The molecule has 0 rings (SSSR count). The Kier molecular flexibility index (Phi) is 9.11. The lowest BCUT2D eigenvalue weighted by molar-refractivity contribution is -0.121. The summed E-state index contributed by atoms with van der Waals surface area (Å²) in [4.78, 5) is 11.6. The molecule has 0 aromatic carbocycles. The third kappa shape index (κ3) is 10.2. The second-order valence-corrected chi connectivity index (χ2v) is 7.45. The molecule has 0 aliphatic carbocycles. The normalized spacial score (nSPS) is 12.5. The van der Waals surface area contributed by atoms with Gasteiger partial charge >= 0.3 is 0 Å². The maximum atomic E-state index is 11.6. The maximum absolute atomic E-state index is 11.6. The first kappa shape index (κ1) is 19.4. The molecule has 0 aromatic heterocycles. The van der Waals surface area contributed by atoms with Crippen LogP contribution in [0.25, 0.3) is 0 Å². The number of carbonyl (C=O) groups is 1. The van der Waals surface area contributed by atoms with Gasteiger partial charge in [-0.15, -0.1) is 0 Å². The number of hydrogen-bond acceptors (Lipinski definition) is 2. The van der Waals surface area contributed by atoms with Crippen molar-refractivity contribution in [2.24, 2.45) is 10.8 Å². The Bertz CT molecular complexity index is 272. The smallest absolute Gasteiger partial charge is 0.220 e. The molecule has 3 heteroatoms. The van der Waals surface area contributed by atoms with Crippen LogP contribution in [0.3, 0.4) is 0 Å². The van der Waals surface area contributed by atoms with E-state index in [0.29, 0.717) is 19.6 Å². The summed E-state index contributed by atoms with van der Waals surface area (Å²) in [5.74, 6) is 0.159. The van der Waals surface area contributed by atoms with Crippen molar-refractivity contribution in [1.29, 1.82) is 0 Å². The van der Waals surface area contributed by atoms with E-state index in [2.05, 4.69) is 46.9 Å². The minimum absolute atomic E-state index is 0.00975. The zero-order valence-electron chi connectivity index (χ0n) is 14.5. The molecule has 0 saturated heterocycles. The average Bonchev–Trinajstić information content (AvgIpc) is 2.33. The van der Waals surface area contributed by atoms with Gasteiger partial charge in [-0.2, -0.15) is 0 Å². The lowest BCUT2D eigenvalue weighted by Gasteiger charge is -2.29. The van der Waals surface area contributed by atoms with Crippen LogP contribution in [-0.4, -0.2) is 25.7 Å². The van der Waals surface area contributed by atoms with E-state index in [1.807, 2.05) is 0 Å². The molecule has 20 heavy (non-hydrogen) atoms. The summed E-state index contributed by atoms with van der Waals surface area (Å²) < 4.78 is 5.88. The highest BCUT2D eigenvalue weighted by atomic mass is 16.5. The molecule has 1 N–H and O–H groups in total. The van der Waals surface area contributed by atoms with E-state index < -0.39 is 0 Å². The Morgan fingerprint density at radius 1 is 1.00 bits per heavy atom. The number of unbranched alkanes of at least 4 members (excludes halogenated alkanes) is 1. The van der Waals surface area contributed by atoms with Gasteiger partial charge in [-0.25, -0.2) is 0 Å². The van der Waals surface area contributed by atoms with Crippen molar-refractivity contribution in [3.63, 3.8) is 0 Å². The van der Waals surface area contributed by atoms with Crippen LogP contribution in [0, 0.1) is 10.8 Å². The highest BCUT2D eigenvalue weighted by Crippen LogP contribution is 2.24. The van der Waals surface area contributed by atoms with Gasteiger partial charge in [0.2, 0.25) is 5.91 Å². The summed E-state index contributed by atoms with van der Waals surface area (Å²) in [6.07, 6.45) is 5.03. The number of carbonyl (C=O) groups excluding carboxylic acids is 1. The van der Waals surface area contributed by atoms with Crippen molar-refractivity contribution >= 4 is 5.91 Å². The predicted molar refractivity (Wildman–Crippen MR) is 85.8 cm³/mol. The molecule has 0 saturated carbocycles. The third-order valence-electron chi connectivity index (χ3n) is 3.43. The van der Waals surface area contributed by atoms with Gasteiger partial charge in [-0.05, 0) is 18.3 Å². The molecule has 0 aliphatic rings. The molecule has 0 fully saturated rings. The first-order valence-corrected chi connectivity index (χ1v) is 8.07. The van der Waals surface area contributed by atoms with E-state index in [-0.39, 0.29) is 16.7 Å². The predicted octanol–water partition coefficient (Wildman–Crippen LogP) is 4.16. The third-order valence-corrected chi connectivity index (χ3v) is 3.43. The average molecular weight is 285 g/mol. The van der Waals surface area contributed by atoms with Gasteiger partial charge in [0.05, 0.1) is 13.2 Å². The summed E-state index contributed by atoms with van der Waals surface area (Å²) in [7, 11) is 0. The maximum Gasteiger partial charge on any atom is 0.220 e. The van der Waals surface area contributed by atoms with Gasteiger partial charge < -0.3 is 10.1 Å². The molecule has 1 amide bonds. The van der Waals surface area contributed by atoms with Gasteiger partial charge in [-0.3, -0.25) is 4.79 Å². The summed E-state index contributed by atoms with van der Waals surface area (Å²) in [5.41, 5.74) is 0.235.